The first-order valence-electron chi connectivity index (χ1n) is 10.8. The van der Waals surface area contributed by atoms with Crippen molar-refractivity contribution in [2.45, 2.75) is 51.6 Å². The van der Waals surface area contributed by atoms with Gasteiger partial charge in [-0.25, -0.2) is 0 Å². The standard InChI is InChI=1S/C25H28ClNO4/c1-17-14-18(2)24-21(15-17)22(28)16-25(31-24)9-11-27(12-10-25)23(29)4-3-13-30-20-7-5-19(26)6-8-20/h5-8,14-15H,3-4,9-13,16H2,1-2H3. The van der Waals surface area contributed by atoms with E-state index < -0.39 is 5.60 Å². The van der Waals surface area contributed by atoms with Crippen LogP contribution in [0.1, 0.15) is 53.6 Å². The molecule has 0 unspecified atom stereocenters. The molecular formula is C25H28ClNO4. The third-order valence-electron chi connectivity index (χ3n) is 6.17. The van der Waals surface area contributed by atoms with Crippen molar-refractivity contribution >= 4 is 23.3 Å². The summed E-state index contributed by atoms with van der Waals surface area (Å²) in [7, 11) is 0. The molecule has 2 heterocycles. The van der Waals surface area contributed by atoms with E-state index in [-0.39, 0.29) is 11.7 Å². The van der Waals surface area contributed by atoms with Gasteiger partial charge in [0.05, 0.1) is 18.6 Å². The molecule has 0 aliphatic carbocycles. The van der Waals surface area contributed by atoms with E-state index in [2.05, 4.69) is 6.07 Å². The third kappa shape index (κ3) is 4.87. The summed E-state index contributed by atoms with van der Waals surface area (Å²) >= 11 is 5.87. The Hall–Kier alpha value is -2.53. The summed E-state index contributed by atoms with van der Waals surface area (Å²) in [4.78, 5) is 27.3. The van der Waals surface area contributed by atoms with Gasteiger partial charge in [-0.1, -0.05) is 17.7 Å². The minimum Gasteiger partial charge on any atom is -0.494 e. The van der Waals surface area contributed by atoms with E-state index in [4.69, 9.17) is 21.1 Å². The SMILES string of the molecule is Cc1cc(C)c2c(c1)C(=O)CC1(CCN(C(=O)CCCOc3ccc(Cl)cc3)CC1)O2. The molecule has 2 aromatic rings. The summed E-state index contributed by atoms with van der Waals surface area (Å²) in [5.74, 6) is 1.75. The number of piperidine rings is 1. The van der Waals surface area contributed by atoms with Gasteiger partial charge in [-0.3, -0.25) is 9.59 Å². The van der Waals surface area contributed by atoms with Crippen molar-refractivity contribution in [3.05, 3.63) is 58.1 Å². The maximum Gasteiger partial charge on any atom is 0.222 e. The zero-order chi connectivity index (χ0) is 22.0. The summed E-state index contributed by atoms with van der Waals surface area (Å²) in [6.45, 7) is 5.70. The molecule has 1 amide bonds. The number of rotatable bonds is 5. The molecule has 0 atom stereocenters. The number of likely N-dealkylation sites (tertiary alicyclic amines) is 1. The van der Waals surface area contributed by atoms with E-state index in [1.165, 1.54) is 0 Å². The Morgan fingerprint density at radius 2 is 1.87 bits per heavy atom. The van der Waals surface area contributed by atoms with Crippen molar-refractivity contribution in [2.24, 2.45) is 0 Å². The van der Waals surface area contributed by atoms with Crippen LogP contribution in [0.25, 0.3) is 0 Å². The Morgan fingerprint density at radius 1 is 1.16 bits per heavy atom. The lowest BCUT2D eigenvalue weighted by atomic mass is 9.81. The average Bonchev–Trinajstić information content (AvgIpc) is 2.74. The fourth-order valence-corrected chi connectivity index (χ4v) is 4.61. The van der Waals surface area contributed by atoms with Crippen molar-refractivity contribution in [1.82, 2.24) is 4.90 Å². The van der Waals surface area contributed by atoms with Crippen molar-refractivity contribution in [2.75, 3.05) is 19.7 Å². The third-order valence-corrected chi connectivity index (χ3v) is 6.42. The molecule has 2 aliphatic heterocycles. The molecule has 4 rings (SSSR count). The van der Waals surface area contributed by atoms with Crippen molar-refractivity contribution in [3.63, 3.8) is 0 Å². The number of amides is 1. The highest BCUT2D eigenvalue weighted by atomic mass is 35.5. The molecule has 0 N–H and O–H groups in total. The molecule has 0 bridgehead atoms. The predicted octanol–water partition coefficient (Wildman–Crippen LogP) is 5.14. The number of carbonyl (C=O) groups is 2. The number of hydrogen-bond acceptors (Lipinski definition) is 4. The van der Waals surface area contributed by atoms with Crippen molar-refractivity contribution < 1.29 is 19.1 Å². The molecule has 31 heavy (non-hydrogen) atoms. The molecule has 1 fully saturated rings. The van der Waals surface area contributed by atoms with Crippen LogP contribution in [0, 0.1) is 13.8 Å². The topological polar surface area (TPSA) is 55.8 Å². The second-order valence-corrected chi connectivity index (χ2v) is 9.07. The summed E-state index contributed by atoms with van der Waals surface area (Å²) in [6, 6.07) is 11.2. The van der Waals surface area contributed by atoms with Gasteiger partial charge >= 0.3 is 0 Å². The Morgan fingerprint density at radius 3 is 2.58 bits per heavy atom. The van der Waals surface area contributed by atoms with Crippen molar-refractivity contribution in [1.29, 1.82) is 0 Å². The van der Waals surface area contributed by atoms with Gasteiger partial charge in [0.15, 0.2) is 5.78 Å². The van der Waals surface area contributed by atoms with Gasteiger partial charge in [0.2, 0.25) is 5.91 Å². The molecule has 1 spiro atoms. The monoisotopic (exact) mass is 441 g/mol. The van der Waals surface area contributed by atoms with Gasteiger partial charge in [-0.15, -0.1) is 0 Å². The van der Waals surface area contributed by atoms with Crippen LogP contribution in [0.2, 0.25) is 5.02 Å². The lowest BCUT2D eigenvalue weighted by Crippen LogP contribution is -2.52. The van der Waals surface area contributed by atoms with E-state index in [0.29, 0.717) is 62.4 Å². The van der Waals surface area contributed by atoms with Crippen LogP contribution < -0.4 is 9.47 Å². The fourth-order valence-electron chi connectivity index (χ4n) is 4.48. The minimum atomic E-state index is -0.488. The Labute approximate surface area is 188 Å². The number of benzene rings is 2. The van der Waals surface area contributed by atoms with Crippen LogP contribution in [0.4, 0.5) is 0 Å². The van der Waals surface area contributed by atoms with Crippen LogP contribution in [0.5, 0.6) is 11.5 Å². The second-order valence-electron chi connectivity index (χ2n) is 8.63. The van der Waals surface area contributed by atoms with Crippen LogP contribution in [0.3, 0.4) is 0 Å². The molecule has 0 saturated carbocycles. The number of Topliss-reactive ketones (excluding diaryl/α,β-unsaturated/α-hetero) is 1. The minimum absolute atomic E-state index is 0.129. The summed E-state index contributed by atoms with van der Waals surface area (Å²) < 4.78 is 12.1. The first kappa shape index (κ1) is 21.7. The number of aryl methyl sites for hydroxylation is 2. The molecule has 164 valence electrons. The molecule has 2 aromatic carbocycles. The summed E-state index contributed by atoms with van der Waals surface area (Å²) in [6.07, 6.45) is 2.85. The predicted molar refractivity (Wildman–Crippen MR) is 120 cm³/mol. The molecular weight excluding hydrogens is 414 g/mol. The molecule has 0 radical (unpaired) electrons. The van der Waals surface area contributed by atoms with Crippen LogP contribution >= 0.6 is 11.6 Å². The smallest absolute Gasteiger partial charge is 0.222 e. The molecule has 2 aliphatic rings. The van der Waals surface area contributed by atoms with Crippen molar-refractivity contribution in [3.8, 4) is 11.5 Å². The summed E-state index contributed by atoms with van der Waals surface area (Å²) in [5.41, 5.74) is 2.28. The lowest BCUT2D eigenvalue weighted by molar-refractivity contribution is -0.135. The van der Waals surface area contributed by atoms with Gasteiger partial charge in [0.1, 0.15) is 17.1 Å². The fraction of sp³-hybridized carbons (Fsp3) is 0.440. The van der Waals surface area contributed by atoms with Gasteiger partial charge < -0.3 is 14.4 Å². The summed E-state index contributed by atoms with van der Waals surface area (Å²) in [5, 5.41) is 0.669. The number of fused-ring (bicyclic) bond motifs is 1. The van der Waals surface area contributed by atoms with E-state index in [9.17, 15) is 9.59 Å². The van der Waals surface area contributed by atoms with Gasteiger partial charge in [-0.05, 0) is 61.7 Å². The maximum absolute atomic E-state index is 12.8. The molecule has 5 nitrogen and oxygen atoms in total. The van der Waals surface area contributed by atoms with E-state index >= 15 is 0 Å². The van der Waals surface area contributed by atoms with E-state index in [1.807, 2.05) is 36.9 Å². The zero-order valence-corrected chi connectivity index (χ0v) is 18.8. The van der Waals surface area contributed by atoms with Crippen LogP contribution in [-0.2, 0) is 4.79 Å². The number of ketones is 1. The molecule has 1 saturated heterocycles. The van der Waals surface area contributed by atoms with Crippen LogP contribution in [0.15, 0.2) is 36.4 Å². The Kier molecular flexibility index (Phi) is 6.24. The highest BCUT2D eigenvalue weighted by Crippen LogP contribution is 2.41. The van der Waals surface area contributed by atoms with Gasteiger partial charge in [0, 0.05) is 37.4 Å². The zero-order valence-electron chi connectivity index (χ0n) is 18.1. The number of ether oxygens (including phenoxy) is 2. The van der Waals surface area contributed by atoms with Gasteiger partial charge in [0.25, 0.3) is 0 Å². The first-order chi connectivity index (χ1) is 14.8. The lowest BCUT2D eigenvalue weighted by Gasteiger charge is -2.44. The number of carbonyl (C=O) groups excluding carboxylic acids is 2. The Balaban J connectivity index is 1.27. The number of halogens is 1. The van der Waals surface area contributed by atoms with E-state index in [1.54, 1.807) is 12.1 Å². The second kappa shape index (κ2) is 8.91. The average molecular weight is 442 g/mol. The normalized spacial score (nSPS) is 17.3. The number of hydrogen-bond donors (Lipinski definition) is 0. The Bertz CT molecular complexity index is 978. The molecule has 6 heteroatoms. The number of nitrogens with zero attached hydrogens (tertiary/aromatic N) is 1. The highest BCUT2D eigenvalue weighted by Gasteiger charge is 2.44. The highest BCUT2D eigenvalue weighted by molar-refractivity contribution is 6.30. The largest absolute Gasteiger partial charge is 0.494 e. The quantitative estimate of drug-likeness (QED) is 0.602. The van der Waals surface area contributed by atoms with E-state index in [0.717, 1.165) is 22.6 Å². The van der Waals surface area contributed by atoms with Crippen LogP contribution in [-0.4, -0.2) is 41.9 Å². The maximum atomic E-state index is 12.8. The van der Waals surface area contributed by atoms with Gasteiger partial charge in [-0.2, -0.15) is 0 Å². The molecule has 0 aromatic heterocycles. The first-order valence-corrected chi connectivity index (χ1v) is 11.2.